The molecule has 1 aromatic rings. The van der Waals surface area contributed by atoms with Crippen molar-refractivity contribution in [2.45, 2.75) is 37.6 Å². The average Bonchev–Trinajstić information content (AvgIpc) is 2.22. The van der Waals surface area contributed by atoms with Crippen molar-refractivity contribution in [1.82, 2.24) is 0 Å². The first-order valence-corrected chi connectivity index (χ1v) is 9.11. The fraction of sp³-hybridized carbons (Fsp3) is 0.500. The minimum atomic E-state index is -5.60. The monoisotopic (exact) mass is 316 g/mol. The van der Waals surface area contributed by atoms with Gasteiger partial charge in [-0.25, -0.2) is 0 Å². The van der Waals surface area contributed by atoms with Crippen LogP contribution >= 0.6 is 0 Å². The minimum Gasteiger partial charge on any atom is -0.394 e. The fourth-order valence-electron chi connectivity index (χ4n) is 1.79. The van der Waals surface area contributed by atoms with Crippen molar-refractivity contribution in [3.63, 3.8) is 0 Å². The average molecular weight is 316 g/mol. The molecule has 114 valence electrons. The van der Waals surface area contributed by atoms with E-state index in [1.54, 1.807) is 0 Å². The third-order valence-electron chi connectivity index (χ3n) is 2.44. The molecule has 0 amide bonds. The number of rotatable bonds is 3. The summed E-state index contributed by atoms with van der Waals surface area (Å²) in [4.78, 5) is 0. The lowest BCUT2D eigenvalue weighted by Crippen LogP contribution is -2.59. The normalized spacial score (nSPS) is 14.4. The Morgan fingerprint density at radius 2 is 1.20 bits per heavy atom. The van der Waals surface area contributed by atoms with Crippen molar-refractivity contribution in [2.24, 2.45) is 0 Å². The van der Waals surface area contributed by atoms with Crippen LogP contribution in [0.2, 0.25) is 19.6 Å². The van der Waals surface area contributed by atoms with E-state index in [1.807, 2.05) is 0 Å². The molecule has 0 heterocycles. The predicted molar refractivity (Wildman–Crippen MR) is 64.7 cm³/mol. The Morgan fingerprint density at radius 1 is 0.800 bits per heavy atom. The smallest absolute Gasteiger partial charge is 0.394 e. The molecule has 0 spiro atoms. The lowest BCUT2D eigenvalue weighted by molar-refractivity contribution is -0.368. The highest BCUT2D eigenvalue weighted by molar-refractivity contribution is 6.69. The van der Waals surface area contributed by atoms with E-state index < -0.39 is 31.8 Å². The molecule has 1 rings (SSSR count). The molecule has 8 heteroatoms. The molecule has 0 atom stereocenters. The molecule has 0 N–H and O–H groups in total. The van der Waals surface area contributed by atoms with Crippen molar-refractivity contribution in [3.05, 3.63) is 35.9 Å². The van der Waals surface area contributed by atoms with Crippen LogP contribution in [0.25, 0.3) is 0 Å². The summed E-state index contributed by atoms with van der Waals surface area (Å²) >= 11 is 0. The van der Waals surface area contributed by atoms with E-state index in [2.05, 4.69) is 4.43 Å². The van der Waals surface area contributed by atoms with Crippen molar-refractivity contribution in [3.8, 4) is 0 Å². The van der Waals surface area contributed by atoms with Crippen LogP contribution in [0.1, 0.15) is 5.56 Å². The van der Waals surface area contributed by atoms with Gasteiger partial charge in [-0.15, -0.1) is 0 Å². The lowest BCUT2D eigenvalue weighted by Gasteiger charge is -2.41. The summed E-state index contributed by atoms with van der Waals surface area (Å²) in [5.74, 6) is 0. The Balaban J connectivity index is 3.61. The van der Waals surface area contributed by atoms with E-state index in [4.69, 9.17) is 0 Å². The molecule has 0 aliphatic carbocycles. The number of halogens is 6. The van der Waals surface area contributed by atoms with E-state index >= 15 is 0 Å². The molecule has 1 nitrogen and oxygen atoms in total. The van der Waals surface area contributed by atoms with E-state index in [0.29, 0.717) is 0 Å². The number of benzene rings is 1. The number of alkyl halides is 6. The lowest BCUT2D eigenvalue weighted by atomic mass is 9.92. The van der Waals surface area contributed by atoms with Gasteiger partial charge in [0.1, 0.15) is 0 Å². The zero-order chi connectivity index (χ0) is 15.8. The van der Waals surface area contributed by atoms with E-state index in [-0.39, 0.29) is 0 Å². The van der Waals surface area contributed by atoms with Gasteiger partial charge in [0.05, 0.1) is 0 Å². The molecule has 0 aromatic heterocycles. The van der Waals surface area contributed by atoms with Crippen LogP contribution in [0.3, 0.4) is 0 Å². The summed E-state index contributed by atoms with van der Waals surface area (Å²) in [5.41, 5.74) is -5.24. The molecule has 0 aliphatic heterocycles. The second kappa shape index (κ2) is 5.07. The van der Waals surface area contributed by atoms with Crippen LogP contribution in [0.4, 0.5) is 26.3 Å². The maximum atomic E-state index is 13.3. The van der Waals surface area contributed by atoms with E-state index in [9.17, 15) is 26.3 Å². The third-order valence-corrected chi connectivity index (χ3v) is 3.36. The van der Waals surface area contributed by atoms with Gasteiger partial charge in [0, 0.05) is 5.56 Å². The summed E-state index contributed by atoms with van der Waals surface area (Å²) in [5, 5.41) is 0. The molecule has 0 saturated carbocycles. The summed E-state index contributed by atoms with van der Waals surface area (Å²) in [6.07, 6.45) is -11.2. The second-order valence-corrected chi connectivity index (χ2v) is 9.69. The quantitative estimate of drug-likeness (QED) is 0.572. The molecule has 1 aromatic carbocycles. The molecule has 0 radical (unpaired) electrons. The van der Waals surface area contributed by atoms with Gasteiger partial charge in [0.25, 0.3) is 5.60 Å². The summed E-state index contributed by atoms with van der Waals surface area (Å²) in [6.45, 7) is 3.84. The Bertz CT molecular complexity index is 432. The SMILES string of the molecule is C[Si](C)(C)OC(c1ccccc1)(C(F)(F)F)C(F)(F)F. The van der Waals surface area contributed by atoms with Gasteiger partial charge in [-0.3, -0.25) is 0 Å². The highest BCUT2D eigenvalue weighted by atomic mass is 28.4. The molecule has 0 unspecified atom stereocenters. The van der Waals surface area contributed by atoms with Gasteiger partial charge in [-0.2, -0.15) is 26.3 Å². The Morgan fingerprint density at radius 3 is 1.50 bits per heavy atom. The molecular formula is C12H14F6OSi. The number of hydrogen-bond acceptors (Lipinski definition) is 1. The first-order valence-electron chi connectivity index (χ1n) is 5.70. The second-order valence-electron chi connectivity index (χ2n) is 5.26. The summed E-state index contributed by atoms with van der Waals surface area (Å²) in [6, 6.07) is 5.14. The van der Waals surface area contributed by atoms with Crippen molar-refractivity contribution in [1.29, 1.82) is 0 Å². The summed E-state index contributed by atoms with van der Waals surface area (Å²) < 4.78 is 84.2. The van der Waals surface area contributed by atoms with Crippen LogP contribution in [0, 0.1) is 0 Å². The van der Waals surface area contributed by atoms with E-state index in [1.165, 1.54) is 25.7 Å². The summed E-state index contributed by atoms with van der Waals surface area (Å²) in [7, 11) is -3.14. The zero-order valence-corrected chi connectivity index (χ0v) is 12.1. The fourth-order valence-corrected chi connectivity index (χ4v) is 3.06. The Labute approximate surface area is 113 Å². The van der Waals surface area contributed by atoms with Gasteiger partial charge in [-0.05, 0) is 19.6 Å². The first-order chi connectivity index (χ1) is 8.81. The number of hydrogen-bond donors (Lipinski definition) is 0. The van der Waals surface area contributed by atoms with Crippen LogP contribution < -0.4 is 0 Å². The van der Waals surface area contributed by atoms with Gasteiger partial charge >= 0.3 is 12.4 Å². The van der Waals surface area contributed by atoms with Crippen LogP contribution in [0.15, 0.2) is 30.3 Å². The molecule has 0 saturated heterocycles. The van der Waals surface area contributed by atoms with Crippen molar-refractivity contribution < 1.29 is 30.8 Å². The van der Waals surface area contributed by atoms with Gasteiger partial charge in [-0.1, -0.05) is 30.3 Å². The topological polar surface area (TPSA) is 9.23 Å². The minimum absolute atomic E-state index is 0.779. The Hall–Kier alpha value is -1.02. The van der Waals surface area contributed by atoms with Crippen LogP contribution in [-0.4, -0.2) is 20.7 Å². The molecule has 20 heavy (non-hydrogen) atoms. The molecule has 0 aliphatic rings. The van der Waals surface area contributed by atoms with Crippen LogP contribution in [0.5, 0.6) is 0 Å². The predicted octanol–water partition coefficient (Wildman–Crippen LogP) is 4.86. The van der Waals surface area contributed by atoms with Gasteiger partial charge in [0.15, 0.2) is 8.32 Å². The standard InChI is InChI=1S/C12H14F6OSi/c1-20(2,3)19-10(11(13,14)15,12(16,17)18)9-7-5-4-6-8-9/h4-8H,1-3H3. The largest absolute Gasteiger partial charge is 0.429 e. The maximum absolute atomic E-state index is 13.3. The highest BCUT2D eigenvalue weighted by Gasteiger charge is 2.74. The zero-order valence-electron chi connectivity index (χ0n) is 11.1. The van der Waals surface area contributed by atoms with E-state index in [0.717, 1.165) is 24.3 Å². The third kappa shape index (κ3) is 3.17. The maximum Gasteiger partial charge on any atom is 0.429 e. The van der Waals surface area contributed by atoms with Gasteiger partial charge < -0.3 is 4.43 Å². The van der Waals surface area contributed by atoms with Crippen LogP contribution in [-0.2, 0) is 10.0 Å². The molecule has 0 bridgehead atoms. The first kappa shape index (κ1) is 17.0. The highest BCUT2D eigenvalue weighted by Crippen LogP contribution is 2.54. The Kier molecular flexibility index (Phi) is 4.31. The van der Waals surface area contributed by atoms with Crippen molar-refractivity contribution in [2.75, 3.05) is 0 Å². The molecule has 0 fully saturated rings. The van der Waals surface area contributed by atoms with Gasteiger partial charge in [0.2, 0.25) is 0 Å². The molecular weight excluding hydrogens is 302 g/mol. The van der Waals surface area contributed by atoms with Crippen molar-refractivity contribution >= 4 is 8.32 Å².